The standard InChI is InChI=1S/C32H36FN5O7S/c1-6-43-26-15-20(16-27(44-7-2)30(26)45-8-3)31(40)34-18-28-36-37-32(38(28)24-17-23(41-4)13-14-25(24)42-5)46-19-29(39)35-22-11-9-21(33)10-12-22/h9-17H,6-8,18-19H2,1-5H3,(H,34,40)(H,35,39). The highest BCUT2D eigenvalue weighted by molar-refractivity contribution is 7.99. The van der Waals surface area contributed by atoms with E-state index in [0.717, 1.165) is 11.8 Å². The number of nitrogens with one attached hydrogen (secondary N) is 2. The minimum atomic E-state index is -0.412. The molecule has 0 spiro atoms. The Morgan fingerprint density at radius 2 is 1.52 bits per heavy atom. The number of halogens is 1. The van der Waals surface area contributed by atoms with Gasteiger partial charge in [0.25, 0.3) is 5.91 Å². The molecule has 12 nitrogen and oxygen atoms in total. The quantitative estimate of drug-likeness (QED) is 0.154. The molecule has 244 valence electrons. The van der Waals surface area contributed by atoms with E-state index in [1.165, 1.54) is 38.5 Å². The highest BCUT2D eigenvalue weighted by Gasteiger charge is 2.22. The molecule has 0 saturated heterocycles. The van der Waals surface area contributed by atoms with E-state index < -0.39 is 11.7 Å². The van der Waals surface area contributed by atoms with E-state index in [-0.39, 0.29) is 18.2 Å². The summed E-state index contributed by atoms with van der Waals surface area (Å²) in [7, 11) is 3.07. The van der Waals surface area contributed by atoms with Crippen molar-refractivity contribution < 1.29 is 37.7 Å². The number of methoxy groups -OCH3 is 2. The van der Waals surface area contributed by atoms with E-state index in [1.807, 2.05) is 20.8 Å². The van der Waals surface area contributed by atoms with E-state index in [0.29, 0.717) is 76.5 Å². The van der Waals surface area contributed by atoms with Gasteiger partial charge in [0.15, 0.2) is 22.5 Å². The van der Waals surface area contributed by atoms with E-state index in [4.69, 9.17) is 23.7 Å². The molecule has 0 aliphatic rings. The molecule has 1 aromatic heterocycles. The maximum Gasteiger partial charge on any atom is 0.251 e. The molecule has 0 unspecified atom stereocenters. The van der Waals surface area contributed by atoms with Gasteiger partial charge in [0, 0.05) is 17.3 Å². The van der Waals surface area contributed by atoms with Crippen LogP contribution in [0.25, 0.3) is 5.69 Å². The van der Waals surface area contributed by atoms with Gasteiger partial charge in [-0.25, -0.2) is 4.39 Å². The third-order valence-electron chi connectivity index (χ3n) is 6.37. The average Bonchev–Trinajstić information content (AvgIpc) is 3.47. The molecular weight excluding hydrogens is 617 g/mol. The van der Waals surface area contributed by atoms with E-state index >= 15 is 0 Å². The van der Waals surface area contributed by atoms with Crippen molar-refractivity contribution in [2.75, 3.05) is 45.1 Å². The highest BCUT2D eigenvalue weighted by Crippen LogP contribution is 2.39. The molecule has 0 aliphatic carbocycles. The molecule has 0 fully saturated rings. The first-order chi connectivity index (χ1) is 22.3. The molecule has 0 bridgehead atoms. The molecule has 46 heavy (non-hydrogen) atoms. The summed E-state index contributed by atoms with van der Waals surface area (Å²) >= 11 is 1.12. The topological polar surface area (TPSA) is 135 Å². The second kappa shape index (κ2) is 16.4. The second-order valence-corrected chi connectivity index (χ2v) is 10.3. The van der Waals surface area contributed by atoms with Crippen LogP contribution < -0.4 is 34.3 Å². The Morgan fingerprint density at radius 3 is 2.13 bits per heavy atom. The lowest BCUT2D eigenvalue weighted by Gasteiger charge is -2.17. The molecular formula is C32H36FN5O7S. The second-order valence-electron chi connectivity index (χ2n) is 9.40. The summed E-state index contributed by atoms with van der Waals surface area (Å²) in [6, 6.07) is 13.9. The van der Waals surface area contributed by atoms with Gasteiger partial charge in [-0.15, -0.1) is 10.2 Å². The number of anilines is 1. The Morgan fingerprint density at radius 1 is 0.848 bits per heavy atom. The Labute approximate surface area is 270 Å². The van der Waals surface area contributed by atoms with Crippen LogP contribution in [-0.2, 0) is 11.3 Å². The highest BCUT2D eigenvalue weighted by atomic mass is 32.2. The molecule has 0 aliphatic heterocycles. The Balaban J connectivity index is 1.62. The SMILES string of the molecule is CCOc1cc(C(=O)NCc2nnc(SCC(=O)Nc3ccc(F)cc3)n2-c2cc(OC)ccc2OC)cc(OCC)c1OCC. The zero-order valence-electron chi connectivity index (χ0n) is 26.2. The summed E-state index contributed by atoms with van der Waals surface area (Å²) in [5, 5.41) is 14.6. The van der Waals surface area contributed by atoms with Crippen LogP contribution in [0, 0.1) is 5.82 Å². The van der Waals surface area contributed by atoms with Gasteiger partial charge >= 0.3 is 0 Å². The summed E-state index contributed by atoms with van der Waals surface area (Å²) in [5.41, 5.74) is 1.30. The number of benzene rings is 3. The van der Waals surface area contributed by atoms with Crippen LogP contribution >= 0.6 is 11.8 Å². The third-order valence-corrected chi connectivity index (χ3v) is 7.29. The summed E-state index contributed by atoms with van der Waals surface area (Å²) in [5.74, 6) is 1.44. The largest absolute Gasteiger partial charge is 0.497 e. The minimum absolute atomic E-state index is 0.0270. The van der Waals surface area contributed by atoms with Gasteiger partial charge < -0.3 is 34.3 Å². The number of hydrogen-bond acceptors (Lipinski definition) is 10. The molecule has 2 N–H and O–H groups in total. The molecule has 1 heterocycles. The minimum Gasteiger partial charge on any atom is -0.497 e. The van der Waals surface area contributed by atoms with Crippen molar-refractivity contribution in [2.24, 2.45) is 0 Å². The molecule has 3 aromatic carbocycles. The number of amides is 2. The number of carbonyl (C=O) groups is 2. The van der Waals surface area contributed by atoms with E-state index in [2.05, 4.69) is 20.8 Å². The molecule has 0 radical (unpaired) electrons. The number of hydrogen-bond donors (Lipinski definition) is 2. The first-order valence-corrected chi connectivity index (χ1v) is 15.5. The number of thioether (sulfide) groups is 1. The third kappa shape index (κ3) is 8.38. The predicted molar refractivity (Wildman–Crippen MR) is 171 cm³/mol. The molecule has 0 atom stereocenters. The van der Waals surface area contributed by atoms with Gasteiger partial charge in [-0.2, -0.15) is 0 Å². The van der Waals surface area contributed by atoms with Crippen LogP contribution in [0.4, 0.5) is 10.1 Å². The number of carbonyl (C=O) groups excluding carboxylic acids is 2. The van der Waals surface area contributed by atoms with Crippen molar-refractivity contribution in [3.63, 3.8) is 0 Å². The van der Waals surface area contributed by atoms with Gasteiger partial charge in [0.2, 0.25) is 11.7 Å². The lowest BCUT2D eigenvalue weighted by molar-refractivity contribution is -0.113. The molecule has 4 aromatic rings. The summed E-state index contributed by atoms with van der Waals surface area (Å²) in [6.45, 7) is 6.62. The average molecular weight is 654 g/mol. The normalized spacial score (nSPS) is 10.7. The maximum absolute atomic E-state index is 13.4. The molecule has 0 saturated carbocycles. The fourth-order valence-corrected chi connectivity index (χ4v) is 5.13. The van der Waals surface area contributed by atoms with Gasteiger partial charge in [-0.1, -0.05) is 11.8 Å². The molecule has 4 rings (SSSR count). The van der Waals surface area contributed by atoms with Crippen molar-refractivity contribution >= 4 is 29.3 Å². The summed E-state index contributed by atoms with van der Waals surface area (Å²) < 4.78 is 43.3. The molecule has 14 heteroatoms. The number of rotatable bonds is 16. The lowest BCUT2D eigenvalue weighted by atomic mass is 10.1. The first kappa shape index (κ1) is 33.9. The number of ether oxygens (including phenoxy) is 5. The Hall–Kier alpha value is -4.98. The monoisotopic (exact) mass is 653 g/mol. The van der Waals surface area contributed by atoms with Crippen molar-refractivity contribution in [3.05, 3.63) is 71.8 Å². The van der Waals surface area contributed by atoms with Crippen LogP contribution in [0.2, 0.25) is 0 Å². The van der Waals surface area contributed by atoms with Crippen LogP contribution in [0.1, 0.15) is 37.0 Å². The fraction of sp³-hybridized carbons (Fsp3) is 0.312. The van der Waals surface area contributed by atoms with Gasteiger partial charge in [0.1, 0.15) is 17.3 Å². The van der Waals surface area contributed by atoms with Crippen LogP contribution in [0.3, 0.4) is 0 Å². The van der Waals surface area contributed by atoms with E-state index in [1.54, 1.807) is 34.9 Å². The lowest BCUT2D eigenvalue weighted by Crippen LogP contribution is -2.25. The number of nitrogens with zero attached hydrogens (tertiary/aromatic N) is 3. The van der Waals surface area contributed by atoms with Crippen molar-refractivity contribution in [1.82, 2.24) is 20.1 Å². The van der Waals surface area contributed by atoms with Gasteiger partial charge in [-0.05, 0) is 69.3 Å². The summed E-state index contributed by atoms with van der Waals surface area (Å²) in [6.07, 6.45) is 0. The Kier molecular flexibility index (Phi) is 12.1. The first-order valence-electron chi connectivity index (χ1n) is 14.5. The van der Waals surface area contributed by atoms with Gasteiger partial charge in [0.05, 0.1) is 52.0 Å². The van der Waals surface area contributed by atoms with Crippen LogP contribution in [0.5, 0.6) is 28.7 Å². The van der Waals surface area contributed by atoms with Gasteiger partial charge in [-0.3, -0.25) is 14.2 Å². The fourth-order valence-electron chi connectivity index (χ4n) is 4.36. The van der Waals surface area contributed by atoms with Crippen LogP contribution in [-0.4, -0.2) is 66.4 Å². The van der Waals surface area contributed by atoms with E-state index in [9.17, 15) is 14.0 Å². The van der Waals surface area contributed by atoms with Crippen LogP contribution in [0.15, 0.2) is 59.8 Å². The van der Waals surface area contributed by atoms with Crippen molar-refractivity contribution in [2.45, 2.75) is 32.5 Å². The zero-order valence-corrected chi connectivity index (χ0v) is 27.0. The Bertz CT molecular complexity index is 1620. The van der Waals surface area contributed by atoms with Crippen molar-refractivity contribution in [1.29, 1.82) is 0 Å². The molecule has 2 amide bonds. The predicted octanol–water partition coefficient (Wildman–Crippen LogP) is 5.28. The van der Waals surface area contributed by atoms with Crippen molar-refractivity contribution in [3.8, 4) is 34.4 Å². The summed E-state index contributed by atoms with van der Waals surface area (Å²) in [4.78, 5) is 26.2. The maximum atomic E-state index is 13.4. The smallest absolute Gasteiger partial charge is 0.251 e. The zero-order chi connectivity index (χ0) is 33.1. The number of aromatic nitrogens is 3.